The number of unbranched alkanes of at least 4 members (excludes halogenated alkanes) is 2. The van der Waals surface area contributed by atoms with Gasteiger partial charge in [-0.2, -0.15) is 0 Å². The zero-order valence-electron chi connectivity index (χ0n) is 35.2. The number of para-hydroxylation sites is 1. The number of rotatable bonds is 14. The van der Waals surface area contributed by atoms with E-state index in [2.05, 4.69) is 35.4 Å². The number of fused-ring (bicyclic) bond motifs is 2. The summed E-state index contributed by atoms with van der Waals surface area (Å²) in [5.41, 5.74) is 2.64. The Morgan fingerprint density at radius 3 is 2.44 bits per heavy atom. The van der Waals surface area contributed by atoms with Crippen molar-refractivity contribution in [3.8, 4) is 11.5 Å². The Kier molecular flexibility index (Phi) is 12.4. The van der Waals surface area contributed by atoms with E-state index in [1.165, 1.54) is 6.33 Å². The first-order valence-corrected chi connectivity index (χ1v) is 22.3. The predicted molar refractivity (Wildman–Crippen MR) is 239 cm³/mol. The summed E-state index contributed by atoms with van der Waals surface area (Å²) in [5.74, 6) is -0.487. The number of amides is 5. The first-order chi connectivity index (χ1) is 31.1. The van der Waals surface area contributed by atoms with Gasteiger partial charge in [0.25, 0.3) is 11.8 Å². The fraction of sp³-hybridized carbons (Fsp3) is 0.362. The summed E-state index contributed by atoms with van der Waals surface area (Å²) in [6.07, 6.45) is 8.15. The van der Waals surface area contributed by atoms with Crippen molar-refractivity contribution in [3.05, 3.63) is 107 Å². The maximum atomic E-state index is 13.9. The number of likely N-dealkylation sites (tertiary alicyclic amines) is 1. The van der Waals surface area contributed by atoms with E-state index in [1.54, 1.807) is 36.5 Å². The van der Waals surface area contributed by atoms with Crippen LogP contribution in [0.4, 0.5) is 11.5 Å². The second-order valence-corrected chi connectivity index (χ2v) is 17.1. The molecule has 3 saturated heterocycles. The molecule has 0 spiro atoms. The summed E-state index contributed by atoms with van der Waals surface area (Å²) in [7, 11) is 0. The minimum absolute atomic E-state index is 0.0577. The highest BCUT2D eigenvalue weighted by Crippen LogP contribution is 2.33. The minimum atomic E-state index is -0.989. The third-order valence-electron chi connectivity index (χ3n) is 12.5. The number of H-pyrrole nitrogens is 1. The highest BCUT2D eigenvalue weighted by atomic mass is 35.5. The number of hydrogen-bond acceptors (Lipinski definition) is 12. The summed E-state index contributed by atoms with van der Waals surface area (Å²) >= 11 is 6.63. The maximum Gasteiger partial charge on any atom is 0.262 e. The number of anilines is 2. The van der Waals surface area contributed by atoms with Crippen LogP contribution >= 0.6 is 11.6 Å². The molecule has 6 heterocycles. The lowest BCUT2D eigenvalue weighted by atomic mass is 10.0. The van der Waals surface area contributed by atoms with Crippen molar-refractivity contribution in [1.29, 1.82) is 0 Å². The average Bonchev–Trinajstić information content (AvgIpc) is 3.85. The molecule has 5 aromatic rings. The van der Waals surface area contributed by atoms with Crippen LogP contribution in [-0.2, 0) is 14.4 Å². The molecule has 9 rings (SSSR count). The summed E-state index contributed by atoms with van der Waals surface area (Å²) in [6.45, 7) is 5.36. The normalized spacial score (nSPS) is 19.2. The van der Waals surface area contributed by atoms with Gasteiger partial charge >= 0.3 is 0 Å². The number of hydrogen-bond donors (Lipinski definition) is 3. The number of piperazine rings is 1. The minimum Gasteiger partial charge on any atom is -0.457 e. The molecule has 4 aliphatic rings. The van der Waals surface area contributed by atoms with E-state index in [-0.39, 0.29) is 46.7 Å². The van der Waals surface area contributed by atoms with Gasteiger partial charge in [-0.1, -0.05) is 36.2 Å². The first kappa shape index (κ1) is 42.6. The molecule has 3 fully saturated rings. The number of nitrogens with zero attached hydrogens (tertiary/aromatic N) is 6. The average molecular weight is 886 g/mol. The SMILES string of the molecule is O=C1CC[C@H](N2C(=O)c3ccc(N4CCN(CCCCCC(=O)N5CCC[C@@H](Nc6ncnc7[nH]cc(C(=O)c8ccc(Oc9ccccc9)cc8Cl)c67)C5)CC4)cc3C2=O)C(=O)N1. The number of aromatic amines is 1. The van der Waals surface area contributed by atoms with Crippen LogP contribution in [0.5, 0.6) is 11.5 Å². The number of imide groups is 2. The molecule has 0 saturated carbocycles. The molecule has 0 bridgehead atoms. The van der Waals surface area contributed by atoms with Crippen molar-refractivity contribution < 1.29 is 33.5 Å². The molecule has 16 nitrogen and oxygen atoms in total. The number of halogens is 1. The van der Waals surface area contributed by atoms with Crippen molar-refractivity contribution in [2.75, 3.05) is 56.0 Å². The van der Waals surface area contributed by atoms with E-state index in [0.29, 0.717) is 59.0 Å². The van der Waals surface area contributed by atoms with Crippen LogP contribution in [0.25, 0.3) is 11.0 Å². The molecule has 17 heteroatoms. The van der Waals surface area contributed by atoms with Gasteiger partial charge in [0.05, 0.1) is 27.1 Å². The molecular formula is C47H48ClN9O7. The van der Waals surface area contributed by atoms with Gasteiger partial charge < -0.3 is 24.8 Å². The molecule has 3 N–H and O–H groups in total. The van der Waals surface area contributed by atoms with Crippen LogP contribution < -0.4 is 20.3 Å². The van der Waals surface area contributed by atoms with Crippen LogP contribution in [0.1, 0.15) is 88.0 Å². The standard InChI is InChI=1S/C47H48ClN9O7/c48-37-25-32(64-31-9-3-1-4-10-31)13-15-34(37)42(60)36-26-49-43-41(36)44(51-28-50-43)52-29-8-7-19-56(27-29)40(59)11-5-2-6-18-54-20-22-55(23-21-54)30-12-14-33-35(24-30)47(63)57(46(33)62)38-16-17-39(58)53-45(38)61/h1,3-4,9-10,12-15,24-26,28-29,38H,2,5-8,11,16-23,27H2,(H,53,58,61)(H2,49,50,51,52)/t29-,38+/m1/s1. The Morgan fingerprint density at radius 2 is 1.64 bits per heavy atom. The fourth-order valence-electron chi connectivity index (χ4n) is 9.11. The highest BCUT2D eigenvalue weighted by Gasteiger charge is 2.45. The molecule has 3 aromatic carbocycles. The van der Waals surface area contributed by atoms with Gasteiger partial charge in [0.15, 0.2) is 5.78 Å². The zero-order chi connectivity index (χ0) is 44.3. The van der Waals surface area contributed by atoms with Crippen molar-refractivity contribution in [2.45, 2.75) is 63.5 Å². The number of benzene rings is 3. The van der Waals surface area contributed by atoms with E-state index in [0.717, 1.165) is 75.4 Å². The number of piperidine rings is 2. The van der Waals surface area contributed by atoms with E-state index < -0.39 is 29.7 Å². The lowest BCUT2D eigenvalue weighted by Crippen LogP contribution is -2.54. The lowest BCUT2D eigenvalue weighted by molar-refractivity contribution is -0.136. The molecule has 330 valence electrons. The molecule has 2 aromatic heterocycles. The number of carbonyl (C=O) groups is 6. The Labute approximate surface area is 374 Å². The molecule has 64 heavy (non-hydrogen) atoms. The summed E-state index contributed by atoms with van der Waals surface area (Å²) in [5, 5.41) is 6.58. The second-order valence-electron chi connectivity index (χ2n) is 16.7. The first-order valence-electron chi connectivity index (χ1n) is 21.9. The van der Waals surface area contributed by atoms with Gasteiger partial charge in [-0.25, -0.2) is 9.97 Å². The number of carbonyl (C=O) groups excluding carboxylic acids is 6. The van der Waals surface area contributed by atoms with Crippen LogP contribution in [0.2, 0.25) is 5.02 Å². The largest absolute Gasteiger partial charge is 0.457 e. The van der Waals surface area contributed by atoms with Gasteiger partial charge in [0.2, 0.25) is 17.7 Å². The Bertz CT molecular complexity index is 2630. The highest BCUT2D eigenvalue weighted by molar-refractivity contribution is 6.36. The summed E-state index contributed by atoms with van der Waals surface area (Å²) in [6, 6.07) is 18.5. The van der Waals surface area contributed by atoms with Gasteiger partial charge in [0.1, 0.15) is 35.3 Å². The Morgan fingerprint density at radius 1 is 0.828 bits per heavy atom. The molecule has 0 unspecified atom stereocenters. The number of ketones is 1. The zero-order valence-corrected chi connectivity index (χ0v) is 35.9. The van der Waals surface area contributed by atoms with Gasteiger partial charge in [0, 0.05) is 81.7 Å². The third-order valence-corrected chi connectivity index (χ3v) is 12.8. The van der Waals surface area contributed by atoms with Crippen molar-refractivity contribution in [1.82, 2.24) is 35.0 Å². The molecular weight excluding hydrogens is 838 g/mol. The Hall–Kier alpha value is -6.65. The van der Waals surface area contributed by atoms with Gasteiger partial charge in [-0.15, -0.1) is 0 Å². The smallest absolute Gasteiger partial charge is 0.262 e. The summed E-state index contributed by atoms with van der Waals surface area (Å²) < 4.78 is 5.90. The van der Waals surface area contributed by atoms with E-state index >= 15 is 0 Å². The fourth-order valence-corrected chi connectivity index (χ4v) is 9.37. The van der Waals surface area contributed by atoms with Crippen molar-refractivity contribution in [3.63, 3.8) is 0 Å². The monoisotopic (exact) mass is 885 g/mol. The topological polar surface area (TPSA) is 190 Å². The second kappa shape index (κ2) is 18.6. The van der Waals surface area contributed by atoms with E-state index in [1.807, 2.05) is 41.3 Å². The maximum absolute atomic E-state index is 13.9. The number of nitrogens with one attached hydrogen (secondary N) is 3. The van der Waals surface area contributed by atoms with Gasteiger partial charge in [-0.3, -0.25) is 43.9 Å². The molecule has 0 radical (unpaired) electrons. The third kappa shape index (κ3) is 8.92. The van der Waals surface area contributed by atoms with Crippen LogP contribution in [0.3, 0.4) is 0 Å². The number of ether oxygens (including phenoxy) is 1. The molecule has 0 aliphatic carbocycles. The molecule has 2 atom stereocenters. The quantitative estimate of drug-likeness (QED) is 0.0690. The van der Waals surface area contributed by atoms with Crippen molar-refractivity contribution in [2.24, 2.45) is 0 Å². The van der Waals surface area contributed by atoms with Crippen LogP contribution in [0, 0.1) is 0 Å². The number of aromatic nitrogens is 3. The predicted octanol–water partition coefficient (Wildman–Crippen LogP) is 5.82. The summed E-state index contributed by atoms with van der Waals surface area (Å²) in [4.78, 5) is 97.3. The van der Waals surface area contributed by atoms with Crippen LogP contribution in [-0.4, -0.2) is 123 Å². The van der Waals surface area contributed by atoms with E-state index in [4.69, 9.17) is 16.3 Å². The van der Waals surface area contributed by atoms with Gasteiger partial charge in [-0.05, 0) is 81.1 Å². The molecule has 5 amide bonds. The lowest BCUT2D eigenvalue weighted by Gasteiger charge is -2.36. The Balaban J connectivity index is 0.723. The van der Waals surface area contributed by atoms with E-state index in [9.17, 15) is 28.8 Å². The van der Waals surface area contributed by atoms with Crippen LogP contribution in [0.15, 0.2) is 79.3 Å². The molecule has 4 aliphatic heterocycles. The van der Waals surface area contributed by atoms with Crippen molar-refractivity contribution >= 4 is 69.5 Å².